The molecule has 1 N–H and O–H groups in total. The van der Waals surface area contributed by atoms with Gasteiger partial charge in [-0.1, -0.05) is 223 Å². The largest absolute Gasteiger partial charge is 0.354 e. The van der Waals surface area contributed by atoms with E-state index < -0.39 is 12.1 Å². The first-order chi connectivity index (χ1) is 42.1. The van der Waals surface area contributed by atoms with Crippen LogP contribution in [0.15, 0.2) is 224 Å². The predicted octanol–water partition coefficient (Wildman–Crippen LogP) is 17.6. The van der Waals surface area contributed by atoms with Crippen molar-refractivity contribution in [1.82, 2.24) is 14.1 Å². The maximum atomic E-state index is 9.16. The summed E-state index contributed by atoms with van der Waals surface area (Å²) < 4.78 is 93.2. The number of nitrogens with one attached hydrogen (secondary N) is 1. The summed E-state index contributed by atoms with van der Waals surface area (Å²) in [5.74, 6) is 0. The van der Waals surface area contributed by atoms with Crippen molar-refractivity contribution in [2.24, 2.45) is 0 Å². The Kier molecular flexibility index (Phi) is 7.48. The number of nitrogens with zero attached hydrogens (tertiary/aromatic N) is 2. The third-order valence-electron chi connectivity index (χ3n) is 16.9. The minimum atomic E-state index is -0.436. The summed E-state index contributed by atoms with van der Waals surface area (Å²) in [5.41, 5.74) is 20.6. The molecule has 0 saturated carbocycles. The van der Waals surface area contributed by atoms with E-state index in [0.717, 1.165) is 138 Å². The van der Waals surface area contributed by atoms with Gasteiger partial charge in [-0.25, -0.2) is 0 Å². The van der Waals surface area contributed by atoms with Crippen LogP contribution >= 0.6 is 0 Å². The fourth-order valence-electron chi connectivity index (χ4n) is 13.3. The number of fused-ring (bicyclic) bond motifs is 14. The van der Waals surface area contributed by atoms with Gasteiger partial charge in [0.2, 0.25) is 0 Å². The average Bonchev–Trinajstić information content (AvgIpc) is 1.44. The van der Waals surface area contributed by atoms with Crippen LogP contribution in [0.3, 0.4) is 0 Å². The first-order valence-electron chi connectivity index (χ1n) is 31.9. The molecule has 0 radical (unpaired) electrons. The van der Waals surface area contributed by atoms with Gasteiger partial charge in [0.15, 0.2) is 0 Å². The van der Waals surface area contributed by atoms with Crippen LogP contribution < -0.4 is 16.4 Å². The lowest BCUT2D eigenvalue weighted by Gasteiger charge is -2.36. The molecule has 11 aromatic carbocycles. The van der Waals surface area contributed by atoms with Crippen molar-refractivity contribution in [3.05, 3.63) is 235 Å². The Morgan fingerprint density at radius 2 is 0.910 bits per heavy atom. The Morgan fingerprint density at radius 3 is 1.49 bits per heavy atom. The zero-order valence-corrected chi connectivity index (χ0v) is 44.1. The van der Waals surface area contributed by atoms with Gasteiger partial charge in [-0.2, -0.15) is 0 Å². The van der Waals surface area contributed by atoms with E-state index >= 15 is 0 Å². The van der Waals surface area contributed by atoms with Crippen molar-refractivity contribution in [1.29, 1.82) is 0 Å². The zero-order valence-electron chi connectivity index (χ0n) is 54.1. The summed E-state index contributed by atoms with van der Waals surface area (Å²) in [7, 11) is 0. The molecule has 16 rings (SSSR count). The molecule has 0 saturated heterocycles. The first kappa shape index (κ1) is 36.0. The molecule has 14 aromatic rings. The van der Waals surface area contributed by atoms with E-state index in [0.29, 0.717) is 11.1 Å². The van der Waals surface area contributed by atoms with Crippen molar-refractivity contribution < 1.29 is 13.7 Å². The third kappa shape index (κ3) is 6.41. The van der Waals surface area contributed by atoms with Crippen molar-refractivity contribution in [3.63, 3.8) is 0 Å². The quantitative estimate of drug-likeness (QED) is 0.166. The molecular formula is C74H56BN3. The Hall–Kier alpha value is -9.12. The Labute approximate surface area is 469 Å². The average molecular weight is 1010 g/mol. The van der Waals surface area contributed by atoms with Crippen molar-refractivity contribution >= 4 is 88.5 Å². The molecular weight excluding hydrogens is 942 g/mol. The van der Waals surface area contributed by atoms with Crippen molar-refractivity contribution in [2.45, 2.75) is 52.4 Å². The monoisotopic (exact) mass is 1010 g/mol. The SMILES string of the molecule is [2H]c1c([2H])c([2H])c(-c2ccc3c(c2)c2cc(C(C)(C)C)cc4c2n3-c2cc3[nH]c5c(-c6ccccc6-c6ccccc6-c6ccccc6)cccc5c3c3c2B4c2cc(C(C)(C)C)cc4c5cc(-c6c([2H])c([2H])c([2H])c([2H])c6[2H])ccc5n-3c24)c([2H])c1[2H]. The van der Waals surface area contributed by atoms with E-state index in [1.807, 2.05) is 30.3 Å². The number of aromatic nitrogens is 3. The fraction of sp³-hybridized carbons (Fsp3) is 0.108. The van der Waals surface area contributed by atoms with Gasteiger partial charge in [-0.15, -0.1) is 0 Å². The van der Waals surface area contributed by atoms with Gasteiger partial charge in [0.05, 0.1) is 41.5 Å². The molecule has 0 amide bonds. The summed E-state index contributed by atoms with van der Waals surface area (Å²) in [6, 6.07) is 54.6. The zero-order chi connectivity index (χ0) is 61.0. The molecule has 0 aliphatic carbocycles. The second kappa shape index (κ2) is 16.2. The minimum absolute atomic E-state index is 0.148. The summed E-state index contributed by atoms with van der Waals surface area (Å²) in [6.07, 6.45) is 0. The van der Waals surface area contributed by atoms with Gasteiger partial charge in [0.25, 0.3) is 6.71 Å². The van der Waals surface area contributed by atoms with E-state index in [9.17, 15) is 0 Å². The number of hydrogen-bond donors (Lipinski definition) is 1. The van der Waals surface area contributed by atoms with Gasteiger partial charge in [-0.05, 0) is 131 Å². The maximum Gasteiger partial charge on any atom is 0.252 e. The summed E-state index contributed by atoms with van der Waals surface area (Å²) in [6.45, 7) is 13.1. The van der Waals surface area contributed by atoms with Crippen LogP contribution in [-0.2, 0) is 10.8 Å². The summed E-state index contributed by atoms with van der Waals surface area (Å²) in [5, 5.41) is 5.83. The van der Waals surface area contributed by atoms with Crippen molar-refractivity contribution in [3.8, 4) is 67.0 Å². The Morgan fingerprint density at radius 1 is 0.410 bits per heavy atom. The molecule has 2 aliphatic rings. The molecule has 0 unspecified atom stereocenters. The second-order valence-corrected chi connectivity index (χ2v) is 23.4. The summed E-state index contributed by atoms with van der Waals surface area (Å²) >= 11 is 0. The van der Waals surface area contributed by atoms with Gasteiger partial charge in [0.1, 0.15) is 0 Å². The number of H-pyrrole nitrogens is 1. The highest BCUT2D eigenvalue weighted by atomic mass is 15.0. The van der Waals surface area contributed by atoms with E-state index in [2.05, 4.69) is 189 Å². The predicted molar refractivity (Wildman–Crippen MR) is 334 cm³/mol. The number of benzene rings is 11. The van der Waals surface area contributed by atoms with Crippen LogP contribution in [-0.4, -0.2) is 20.8 Å². The topological polar surface area (TPSA) is 25.6 Å². The smallest absolute Gasteiger partial charge is 0.252 e. The van der Waals surface area contributed by atoms with E-state index in [1.54, 1.807) is 0 Å². The lowest BCUT2D eigenvalue weighted by atomic mass is 9.33. The van der Waals surface area contributed by atoms with Crippen molar-refractivity contribution in [2.75, 3.05) is 0 Å². The van der Waals surface area contributed by atoms with Gasteiger partial charge < -0.3 is 14.1 Å². The molecule has 4 heteroatoms. The highest BCUT2D eigenvalue weighted by Gasteiger charge is 2.44. The Balaban J connectivity index is 1.07. The molecule has 0 bridgehead atoms. The lowest BCUT2D eigenvalue weighted by Crippen LogP contribution is -2.59. The number of rotatable bonds is 5. The lowest BCUT2D eigenvalue weighted by molar-refractivity contribution is 0.591. The normalized spacial score (nSPS) is 14.8. The van der Waals surface area contributed by atoms with Crippen LogP contribution in [0.5, 0.6) is 0 Å². The number of hydrogen-bond acceptors (Lipinski definition) is 0. The minimum Gasteiger partial charge on any atom is -0.354 e. The molecule has 5 heterocycles. The molecule has 370 valence electrons. The molecule has 3 nitrogen and oxygen atoms in total. The second-order valence-electron chi connectivity index (χ2n) is 23.4. The molecule has 2 aliphatic heterocycles. The molecule has 3 aromatic heterocycles. The first-order valence-corrected chi connectivity index (χ1v) is 26.9. The molecule has 0 spiro atoms. The van der Waals surface area contributed by atoms with E-state index in [4.69, 9.17) is 13.7 Å². The standard InChI is InChI=1S/C74H56BN3/c1-73(2,3)49-39-59-57-37-47(44-21-10-7-11-22-44)33-35-64(57)77-66-43-63-67(56-32-20-31-55(69(56)76-63)54-30-19-18-29-53(54)52-28-17-16-27-51(52)46-25-14-9-15-26-46)72-68(66)75(61(41-49)70(59)77)62-42-50(74(4,5)6)40-60-58-38-48(45-23-12-8-13-24-45)34-36-65(58)78(72)71(60)62/h7-43,76H,1-6H3/i7D,8D,10D,11D,12D,13D,21D,22D,23D,24D. The number of aromatic amines is 1. The summed E-state index contributed by atoms with van der Waals surface area (Å²) in [4.78, 5) is 4.09. The van der Waals surface area contributed by atoms with Gasteiger partial charge in [0, 0.05) is 54.6 Å². The molecule has 0 fully saturated rings. The van der Waals surface area contributed by atoms with Crippen LogP contribution in [0.4, 0.5) is 0 Å². The van der Waals surface area contributed by atoms with Crippen LogP contribution in [0.25, 0.3) is 132 Å². The third-order valence-corrected chi connectivity index (χ3v) is 16.9. The van der Waals surface area contributed by atoms with E-state index in [-0.39, 0.29) is 77.0 Å². The molecule has 0 atom stereocenters. The van der Waals surface area contributed by atoms with Crippen LogP contribution in [0, 0.1) is 0 Å². The van der Waals surface area contributed by atoms with Crippen LogP contribution in [0.2, 0.25) is 0 Å². The van der Waals surface area contributed by atoms with Crippen LogP contribution in [0.1, 0.15) is 66.4 Å². The highest BCUT2D eigenvalue weighted by molar-refractivity contribution is 7.00. The van der Waals surface area contributed by atoms with E-state index in [1.165, 1.54) is 0 Å². The van der Waals surface area contributed by atoms with Gasteiger partial charge in [-0.3, -0.25) is 0 Å². The number of para-hydroxylation sites is 1. The molecule has 78 heavy (non-hydrogen) atoms. The maximum absolute atomic E-state index is 9.16. The fourth-order valence-corrected chi connectivity index (χ4v) is 13.3. The Bertz CT molecular complexity index is 5430. The highest BCUT2D eigenvalue weighted by Crippen LogP contribution is 2.48. The van der Waals surface area contributed by atoms with Gasteiger partial charge >= 0.3 is 0 Å².